The summed E-state index contributed by atoms with van der Waals surface area (Å²) >= 11 is 0. The minimum absolute atomic E-state index is 0.0806. The summed E-state index contributed by atoms with van der Waals surface area (Å²) in [6.45, 7) is 2.76. The molecule has 5 heteroatoms. The third-order valence-corrected chi connectivity index (χ3v) is 3.21. The molecule has 0 aliphatic heterocycles. The summed E-state index contributed by atoms with van der Waals surface area (Å²) in [4.78, 5) is 14.0. The van der Waals surface area contributed by atoms with Crippen LogP contribution >= 0.6 is 0 Å². The van der Waals surface area contributed by atoms with Crippen LogP contribution in [0, 0.1) is 0 Å². The molecule has 0 atom stereocenters. The largest absolute Gasteiger partial charge is 0.508 e. The molecule has 0 heterocycles. The summed E-state index contributed by atoms with van der Waals surface area (Å²) in [5.74, 6) is -0.605. The molecule has 0 saturated carbocycles. The molecule has 2 aromatic rings. The van der Waals surface area contributed by atoms with Crippen molar-refractivity contribution in [1.29, 1.82) is 0 Å². The van der Waals surface area contributed by atoms with E-state index in [2.05, 4.69) is 0 Å². The van der Waals surface area contributed by atoms with Crippen molar-refractivity contribution in [1.82, 2.24) is 4.90 Å². The lowest BCUT2D eigenvalue weighted by molar-refractivity contribution is 0.0749. The Morgan fingerprint density at radius 3 is 2.57 bits per heavy atom. The van der Waals surface area contributed by atoms with Crippen LogP contribution in [0.3, 0.4) is 0 Å². The molecule has 0 aliphatic rings. The summed E-state index contributed by atoms with van der Waals surface area (Å²) in [5, 5.41) is 19.1. The second-order valence-electron chi connectivity index (χ2n) is 4.77. The Morgan fingerprint density at radius 1 is 1.19 bits per heavy atom. The number of hydrogen-bond donors (Lipinski definition) is 3. The number of phenolic OH excluding ortho intramolecular Hbond substituents is 2. The van der Waals surface area contributed by atoms with Gasteiger partial charge in [0.15, 0.2) is 0 Å². The van der Waals surface area contributed by atoms with E-state index in [1.54, 1.807) is 11.0 Å². The molecule has 2 rings (SSSR count). The fourth-order valence-electron chi connectivity index (χ4n) is 2.11. The van der Waals surface area contributed by atoms with E-state index >= 15 is 0 Å². The van der Waals surface area contributed by atoms with Crippen LogP contribution in [0.5, 0.6) is 11.5 Å². The molecule has 0 saturated heterocycles. The van der Waals surface area contributed by atoms with Crippen LogP contribution in [0.25, 0.3) is 0 Å². The van der Waals surface area contributed by atoms with Gasteiger partial charge in [0.25, 0.3) is 5.91 Å². The highest BCUT2D eigenvalue weighted by molar-refractivity contribution is 5.97. The Balaban J connectivity index is 2.22. The minimum Gasteiger partial charge on any atom is -0.508 e. The average Bonchev–Trinajstić information content (AvgIpc) is 2.44. The number of amides is 1. The van der Waals surface area contributed by atoms with Gasteiger partial charge in [-0.05, 0) is 36.8 Å². The zero-order valence-corrected chi connectivity index (χ0v) is 11.8. The van der Waals surface area contributed by atoms with Gasteiger partial charge in [0, 0.05) is 24.8 Å². The Morgan fingerprint density at radius 2 is 1.95 bits per heavy atom. The maximum atomic E-state index is 12.5. The van der Waals surface area contributed by atoms with E-state index < -0.39 is 0 Å². The first-order valence-corrected chi connectivity index (χ1v) is 6.67. The molecule has 0 bridgehead atoms. The Hall–Kier alpha value is -2.69. The molecule has 0 aliphatic carbocycles. The number of carbonyl (C=O) groups excluding carboxylic acids is 1. The molecular formula is C16H18N2O3. The van der Waals surface area contributed by atoms with Crippen molar-refractivity contribution in [2.24, 2.45) is 0 Å². The van der Waals surface area contributed by atoms with Gasteiger partial charge in [0.1, 0.15) is 11.5 Å². The first-order valence-electron chi connectivity index (χ1n) is 6.67. The van der Waals surface area contributed by atoms with Crippen molar-refractivity contribution < 1.29 is 15.0 Å². The van der Waals surface area contributed by atoms with Crippen molar-refractivity contribution in [3.63, 3.8) is 0 Å². The number of nitrogens with two attached hydrogens (primary N) is 1. The zero-order valence-electron chi connectivity index (χ0n) is 11.8. The Kier molecular flexibility index (Phi) is 4.33. The highest BCUT2D eigenvalue weighted by Gasteiger charge is 2.18. The van der Waals surface area contributed by atoms with Gasteiger partial charge in [0.2, 0.25) is 0 Å². The van der Waals surface area contributed by atoms with E-state index in [4.69, 9.17) is 5.73 Å². The van der Waals surface area contributed by atoms with Crippen LogP contribution in [0.4, 0.5) is 5.69 Å². The number of carbonyl (C=O) groups is 1. The number of nitrogen functional groups attached to an aromatic ring is 1. The molecule has 2 aromatic carbocycles. The normalized spacial score (nSPS) is 10.3. The summed E-state index contributed by atoms with van der Waals surface area (Å²) in [6.07, 6.45) is 0. The molecular weight excluding hydrogens is 268 g/mol. The number of benzene rings is 2. The van der Waals surface area contributed by atoms with Gasteiger partial charge in [-0.25, -0.2) is 0 Å². The van der Waals surface area contributed by atoms with E-state index in [0.29, 0.717) is 18.8 Å². The Bertz CT molecular complexity index is 656. The number of anilines is 1. The molecule has 1 amide bonds. The van der Waals surface area contributed by atoms with Crippen LogP contribution in [0.2, 0.25) is 0 Å². The smallest absolute Gasteiger partial charge is 0.257 e. The third kappa shape index (κ3) is 3.45. The third-order valence-electron chi connectivity index (χ3n) is 3.21. The van der Waals surface area contributed by atoms with E-state index in [-0.39, 0.29) is 23.0 Å². The van der Waals surface area contributed by atoms with Gasteiger partial charge >= 0.3 is 0 Å². The quantitative estimate of drug-likeness (QED) is 0.753. The van der Waals surface area contributed by atoms with Crippen molar-refractivity contribution in [3.05, 3.63) is 53.6 Å². The first kappa shape index (κ1) is 14.7. The maximum absolute atomic E-state index is 12.5. The topological polar surface area (TPSA) is 86.8 Å². The minimum atomic E-state index is -0.294. The van der Waals surface area contributed by atoms with Gasteiger partial charge in [0.05, 0.1) is 5.56 Å². The van der Waals surface area contributed by atoms with Crippen LogP contribution in [0.1, 0.15) is 22.8 Å². The number of rotatable bonds is 4. The average molecular weight is 286 g/mol. The van der Waals surface area contributed by atoms with E-state index in [1.165, 1.54) is 12.1 Å². The van der Waals surface area contributed by atoms with E-state index in [0.717, 1.165) is 11.6 Å². The highest BCUT2D eigenvalue weighted by Crippen LogP contribution is 2.24. The zero-order chi connectivity index (χ0) is 15.4. The van der Waals surface area contributed by atoms with Crippen molar-refractivity contribution in [2.45, 2.75) is 13.5 Å². The lowest BCUT2D eigenvalue weighted by Crippen LogP contribution is -2.30. The van der Waals surface area contributed by atoms with Gasteiger partial charge < -0.3 is 20.8 Å². The van der Waals surface area contributed by atoms with Gasteiger partial charge in [-0.1, -0.05) is 12.1 Å². The Labute approximate surface area is 123 Å². The predicted octanol–water partition coefficient (Wildman–Crippen LogP) is 2.34. The molecule has 5 nitrogen and oxygen atoms in total. The molecule has 0 fully saturated rings. The maximum Gasteiger partial charge on any atom is 0.257 e. The number of phenols is 2. The second-order valence-corrected chi connectivity index (χ2v) is 4.77. The van der Waals surface area contributed by atoms with Gasteiger partial charge in [-0.15, -0.1) is 0 Å². The molecule has 0 spiro atoms. The molecule has 21 heavy (non-hydrogen) atoms. The van der Waals surface area contributed by atoms with Crippen molar-refractivity contribution >= 4 is 11.6 Å². The number of nitrogens with zero attached hydrogens (tertiary/aromatic N) is 1. The van der Waals surface area contributed by atoms with Gasteiger partial charge in [-0.3, -0.25) is 4.79 Å². The van der Waals surface area contributed by atoms with E-state index in [1.807, 2.05) is 25.1 Å². The summed E-state index contributed by atoms with van der Waals surface area (Å²) in [5.41, 5.74) is 7.46. The monoisotopic (exact) mass is 286 g/mol. The fraction of sp³-hybridized carbons (Fsp3) is 0.188. The summed E-state index contributed by atoms with van der Waals surface area (Å²) in [6, 6.07) is 11.3. The summed E-state index contributed by atoms with van der Waals surface area (Å²) in [7, 11) is 0. The van der Waals surface area contributed by atoms with E-state index in [9.17, 15) is 15.0 Å². The van der Waals surface area contributed by atoms with Crippen LogP contribution < -0.4 is 5.73 Å². The van der Waals surface area contributed by atoms with Crippen molar-refractivity contribution in [3.8, 4) is 11.5 Å². The standard InChI is InChI=1S/C16H18N2O3/c1-2-18(10-11-4-3-5-12(17)8-11)16(21)14-7-6-13(19)9-15(14)20/h3-9,19-20H,2,10,17H2,1H3. The second kappa shape index (κ2) is 6.17. The predicted molar refractivity (Wildman–Crippen MR) is 81.0 cm³/mol. The van der Waals surface area contributed by atoms with Crippen molar-refractivity contribution in [2.75, 3.05) is 12.3 Å². The lowest BCUT2D eigenvalue weighted by atomic mass is 10.1. The first-order chi connectivity index (χ1) is 10.0. The number of hydrogen-bond acceptors (Lipinski definition) is 4. The van der Waals surface area contributed by atoms with Crippen LogP contribution in [-0.2, 0) is 6.54 Å². The van der Waals surface area contributed by atoms with Crippen LogP contribution in [0.15, 0.2) is 42.5 Å². The highest BCUT2D eigenvalue weighted by atomic mass is 16.3. The molecule has 0 aromatic heterocycles. The fourth-order valence-corrected chi connectivity index (χ4v) is 2.11. The molecule has 0 radical (unpaired) electrons. The van der Waals surface area contributed by atoms with Crippen LogP contribution in [-0.4, -0.2) is 27.6 Å². The SMILES string of the molecule is CCN(Cc1cccc(N)c1)C(=O)c1ccc(O)cc1O. The molecule has 110 valence electrons. The molecule has 4 N–H and O–H groups in total. The summed E-state index contributed by atoms with van der Waals surface area (Å²) < 4.78 is 0. The number of aromatic hydroxyl groups is 2. The molecule has 0 unspecified atom stereocenters. The van der Waals surface area contributed by atoms with Gasteiger partial charge in [-0.2, -0.15) is 0 Å². The lowest BCUT2D eigenvalue weighted by Gasteiger charge is -2.21.